The number of piperazine rings is 1. The van der Waals surface area contributed by atoms with Gasteiger partial charge in [0.15, 0.2) is 11.5 Å². The van der Waals surface area contributed by atoms with Crippen LogP contribution in [0.5, 0.6) is 11.5 Å². The third-order valence-electron chi connectivity index (χ3n) is 5.45. The molecule has 30 heavy (non-hydrogen) atoms. The Bertz CT molecular complexity index is 1140. The van der Waals surface area contributed by atoms with Crippen molar-refractivity contribution < 1.29 is 19.2 Å². The molecule has 3 aromatic rings. The molecule has 5 rings (SSSR count). The topological polar surface area (TPSA) is 103 Å². The van der Waals surface area contributed by atoms with E-state index >= 15 is 0 Å². The number of carbonyl (C=O) groups excluding carboxylic acids is 1. The van der Waals surface area contributed by atoms with Gasteiger partial charge in [0, 0.05) is 49.3 Å². The van der Waals surface area contributed by atoms with Crippen molar-refractivity contribution in [3.8, 4) is 11.5 Å². The standard InChI is InChI=1S/C20H19N5O5/c26-20(14-2-4-18-19(9-14)30-13-29-18)23-7-5-22(6-8-23)12-24-17-10-16(25(27)28)3-1-15(17)11-21-24/h1-4,9-11H,5-8,12-13H2. The summed E-state index contributed by atoms with van der Waals surface area (Å²) in [7, 11) is 0. The fraction of sp³-hybridized carbons (Fsp3) is 0.300. The molecular weight excluding hydrogens is 390 g/mol. The molecule has 0 unspecified atom stereocenters. The van der Waals surface area contributed by atoms with E-state index in [0.717, 1.165) is 10.9 Å². The van der Waals surface area contributed by atoms with Crippen molar-refractivity contribution in [1.82, 2.24) is 19.6 Å². The molecule has 154 valence electrons. The second kappa shape index (κ2) is 7.30. The normalized spacial score (nSPS) is 16.2. The predicted molar refractivity (Wildman–Crippen MR) is 106 cm³/mol. The summed E-state index contributed by atoms with van der Waals surface area (Å²) in [5, 5.41) is 16.3. The Morgan fingerprint density at radius 3 is 2.67 bits per heavy atom. The van der Waals surface area contributed by atoms with Gasteiger partial charge in [-0.2, -0.15) is 5.10 Å². The Kier molecular flexibility index (Phi) is 4.47. The lowest BCUT2D eigenvalue weighted by atomic mass is 10.1. The van der Waals surface area contributed by atoms with Gasteiger partial charge in [-0.1, -0.05) is 0 Å². The number of amides is 1. The van der Waals surface area contributed by atoms with Crippen LogP contribution in [-0.4, -0.2) is 63.4 Å². The Morgan fingerprint density at radius 1 is 1.07 bits per heavy atom. The van der Waals surface area contributed by atoms with E-state index in [2.05, 4.69) is 10.00 Å². The van der Waals surface area contributed by atoms with Crippen LogP contribution in [0.25, 0.3) is 10.9 Å². The van der Waals surface area contributed by atoms with E-state index in [9.17, 15) is 14.9 Å². The van der Waals surface area contributed by atoms with Gasteiger partial charge in [0.2, 0.25) is 6.79 Å². The van der Waals surface area contributed by atoms with Crippen molar-refractivity contribution in [3.63, 3.8) is 0 Å². The van der Waals surface area contributed by atoms with E-state index in [0.29, 0.717) is 49.9 Å². The number of benzene rings is 2. The van der Waals surface area contributed by atoms with Gasteiger partial charge in [0.1, 0.15) is 0 Å². The average Bonchev–Trinajstić information content (AvgIpc) is 3.40. The number of aromatic nitrogens is 2. The van der Waals surface area contributed by atoms with Crippen molar-refractivity contribution >= 4 is 22.5 Å². The second-order valence-corrected chi connectivity index (χ2v) is 7.26. The van der Waals surface area contributed by atoms with Gasteiger partial charge >= 0.3 is 0 Å². The third kappa shape index (κ3) is 3.30. The van der Waals surface area contributed by atoms with Crippen molar-refractivity contribution in [2.24, 2.45) is 0 Å². The minimum Gasteiger partial charge on any atom is -0.454 e. The first-order valence-electron chi connectivity index (χ1n) is 9.60. The summed E-state index contributed by atoms with van der Waals surface area (Å²) in [6.45, 7) is 3.24. The molecule has 0 saturated carbocycles. The Balaban J connectivity index is 1.24. The number of hydrogen-bond donors (Lipinski definition) is 0. The predicted octanol–water partition coefficient (Wildman–Crippen LogP) is 2.09. The van der Waals surface area contributed by atoms with Crippen molar-refractivity contribution in [1.29, 1.82) is 0 Å². The Hall–Kier alpha value is -3.66. The second-order valence-electron chi connectivity index (χ2n) is 7.26. The Labute approximate surface area is 171 Å². The van der Waals surface area contributed by atoms with Gasteiger partial charge in [-0.15, -0.1) is 0 Å². The number of carbonyl (C=O) groups is 1. The van der Waals surface area contributed by atoms with Crippen LogP contribution in [0.1, 0.15) is 10.4 Å². The van der Waals surface area contributed by atoms with Crippen LogP contribution in [-0.2, 0) is 6.67 Å². The summed E-state index contributed by atoms with van der Waals surface area (Å²) in [6, 6.07) is 9.97. The summed E-state index contributed by atoms with van der Waals surface area (Å²) >= 11 is 0. The number of nitro benzene ring substituents is 1. The third-order valence-corrected chi connectivity index (χ3v) is 5.45. The first kappa shape index (κ1) is 18.4. The molecule has 0 bridgehead atoms. The monoisotopic (exact) mass is 409 g/mol. The highest BCUT2D eigenvalue weighted by molar-refractivity contribution is 5.95. The van der Waals surface area contributed by atoms with Crippen LogP contribution >= 0.6 is 0 Å². The molecule has 1 amide bonds. The van der Waals surface area contributed by atoms with Crippen LogP contribution in [0.4, 0.5) is 5.69 Å². The molecule has 1 saturated heterocycles. The van der Waals surface area contributed by atoms with Crippen LogP contribution in [0, 0.1) is 10.1 Å². The van der Waals surface area contributed by atoms with E-state index < -0.39 is 4.92 Å². The van der Waals surface area contributed by atoms with Gasteiger partial charge < -0.3 is 14.4 Å². The molecule has 10 nitrogen and oxygen atoms in total. The number of hydrogen-bond acceptors (Lipinski definition) is 7. The number of nitro groups is 1. The Morgan fingerprint density at radius 2 is 1.87 bits per heavy atom. The number of nitrogens with zero attached hydrogens (tertiary/aromatic N) is 5. The summed E-state index contributed by atoms with van der Waals surface area (Å²) in [4.78, 5) is 27.5. The maximum absolute atomic E-state index is 12.8. The molecule has 0 N–H and O–H groups in total. The zero-order valence-corrected chi connectivity index (χ0v) is 16.1. The lowest BCUT2D eigenvalue weighted by Gasteiger charge is -2.34. The lowest BCUT2D eigenvalue weighted by Crippen LogP contribution is -2.49. The molecule has 0 spiro atoms. The SMILES string of the molecule is O=C(c1ccc2c(c1)OCO2)N1CCN(Cn2ncc3ccc([N+](=O)[O-])cc32)CC1. The first-order chi connectivity index (χ1) is 14.6. The fourth-order valence-electron chi connectivity index (χ4n) is 3.78. The van der Waals surface area contributed by atoms with E-state index in [4.69, 9.17) is 9.47 Å². The minimum atomic E-state index is -0.405. The van der Waals surface area contributed by atoms with E-state index in [1.165, 1.54) is 6.07 Å². The zero-order valence-electron chi connectivity index (χ0n) is 16.1. The van der Waals surface area contributed by atoms with Crippen molar-refractivity contribution in [3.05, 3.63) is 58.3 Å². The van der Waals surface area contributed by atoms with Gasteiger partial charge in [0.25, 0.3) is 11.6 Å². The highest BCUT2D eigenvalue weighted by Crippen LogP contribution is 2.33. The van der Waals surface area contributed by atoms with E-state index in [1.807, 2.05) is 4.90 Å². The number of non-ortho nitro benzene ring substituents is 1. The van der Waals surface area contributed by atoms with Crippen LogP contribution in [0.15, 0.2) is 42.6 Å². The highest BCUT2D eigenvalue weighted by Gasteiger charge is 2.24. The summed E-state index contributed by atoms with van der Waals surface area (Å²) in [6.07, 6.45) is 1.71. The number of rotatable bonds is 4. The molecule has 0 radical (unpaired) electrons. The van der Waals surface area contributed by atoms with Crippen LogP contribution < -0.4 is 9.47 Å². The molecule has 1 aromatic heterocycles. The average molecular weight is 409 g/mol. The smallest absolute Gasteiger partial charge is 0.271 e. The molecule has 10 heteroatoms. The lowest BCUT2D eigenvalue weighted by molar-refractivity contribution is -0.384. The quantitative estimate of drug-likeness (QED) is 0.480. The summed E-state index contributed by atoms with van der Waals surface area (Å²) in [5.74, 6) is 1.22. The van der Waals surface area contributed by atoms with Gasteiger partial charge in [-0.05, 0) is 24.3 Å². The first-order valence-corrected chi connectivity index (χ1v) is 9.60. The molecule has 3 heterocycles. The zero-order chi connectivity index (χ0) is 20.7. The maximum Gasteiger partial charge on any atom is 0.271 e. The highest BCUT2D eigenvalue weighted by atomic mass is 16.7. The molecular formula is C20H19N5O5. The minimum absolute atomic E-state index is 0.0342. The summed E-state index contributed by atoms with van der Waals surface area (Å²) < 4.78 is 12.4. The summed E-state index contributed by atoms with van der Waals surface area (Å²) in [5.41, 5.74) is 1.35. The molecule has 2 aliphatic heterocycles. The maximum atomic E-state index is 12.8. The van der Waals surface area contributed by atoms with Gasteiger partial charge in [-0.3, -0.25) is 24.5 Å². The molecule has 1 fully saturated rings. The molecule has 2 aromatic carbocycles. The largest absolute Gasteiger partial charge is 0.454 e. The van der Waals surface area contributed by atoms with Gasteiger partial charge in [-0.25, -0.2) is 0 Å². The van der Waals surface area contributed by atoms with Crippen LogP contribution in [0.3, 0.4) is 0 Å². The fourth-order valence-corrected chi connectivity index (χ4v) is 3.78. The van der Waals surface area contributed by atoms with E-state index in [1.54, 1.807) is 41.2 Å². The molecule has 0 atom stereocenters. The number of fused-ring (bicyclic) bond motifs is 2. The molecule has 0 aliphatic carbocycles. The van der Waals surface area contributed by atoms with Crippen LogP contribution in [0.2, 0.25) is 0 Å². The van der Waals surface area contributed by atoms with Crippen molar-refractivity contribution in [2.45, 2.75) is 6.67 Å². The van der Waals surface area contributed by atoms with Gasteiger partial charge in [0.05, 0.1) is 23.3 Å². The number of ether oxygens (including phenoxy) is 2. The van der Waals surface area contributed by atoms with Crippen molar-refractivity contribution in [2.75, 3.05) is 33.0 Å². The molecule has 2 aliphatic rings. The van der Waals surface area contributed by atoms with E-state index in [-0.39, 0.29) is 18.4 Å².